The Morgan fingerprint density at radius 2 is 1.84 bits per heavy atom. The van der Waals surface area contributed by atoms with Crippen molar-refractivity contribution in [2.75, 3.05) is 25.1 Å². The SMILES string of the molecule is CCC(CNC(=O)Nc1cc2c(cc1Br)OCCO2)c1ccccc1. The third kappa shape index (κ3) is 4.45. The standard InChI is InChI=1S/C19H21BrN2O3/c1-2-13(14-6-4-3-5-7-14)12-21-19(23)22-16-11-18-17(10-15(16)20)24-8-9-25-18/h3-7,10-11,13H,2,8-9,12H2,1H3,(H2,21,22,23). The van der Waals surface area contributed by atoms with Gasteiger partial charge in [-0.05, 0) is 27.9 Å². The molecule has 2 aromatic rings. The zero-order chi connectivity index (χ0) is 17.6. The fourth-order valence-electron chi connectivity index (χ4n) is 2.77. The maximum Gasteiger partial charge on any atom is 0.319 e. The van der Waals surface area contributed by atoms with Crippen LogP contribution in [0, 0.1) is 0 Å². The summed E-state index contributed by atoms with van der Waals surface area (Å²) >= 11 is 3.46. The fourth-order valence-corrected chi connectivity index (χ4v) is 3.19. The lowest BCUT2D eigenvalue weighted by Crippen LogP contribution is -2.32. The molecule has 2 amide bonds. The molecule has 1 atom stereocenters. The lowest BCUT2D eigenvalue weighted by molar-refractivity contribution is 0.171. The first-order valence-corrected chi connectivity index (χ1v) is 9.15. The highest BCUT2D eigenvalue weighted by Gasteiger charge is 2.17. The van der Waals surface area contributed by atoms with E-state index in [1.165, 1.54) is 5.56 Å². The predicted molar refractivity (Wildman–Crippen MR) is 102 cm³/mol. The highest BCUT2D eigenvalue weighted by atomic mass is 79.9. The normalized spacial score (nSPS) is 13.8. The van der Waals surface area contributed by atoms with Gasteiger partial charge < -0.3 is 20.1 Å². The van der Waals surface area contributed by atoms with Crippen LogP contribution in [-0.2, 0) is 0 Å². The van der Waals surface area contributed by atoms with Crippen LogP contribution in [0.1, 0.15) is 24.8 Å². The molecule has 2 N–H and O–H groups in total. The van der Waals surface area contributed by atoms with Gasteiger partial charge in [-0.1, -0.05) is 37.3 Å². The largest absolute Gasteiger partial charge is 0.486 e. The Bertz CT molecular complexity index is 737. The van der Waals surface area contributed by atoms with Gasteiger partial charge in [-0.25, -0.2) is 4.79 Å². The van der Waals surface area contributed by atoms with E-state index in [9.17, 15) is 4.79 Å². The highest BCUT2D eigenvalue weighted by Crippen LogP contribution is 2.38. The molecule has 0 aromatic heterocycles. The fraction of sp³-hybridized carbons (Fsp3) is 0.316. The van der Waals surface area contributed by atoms with E-state index >= 15 is 0 Å². The zero-order valence-corrected chi connectivity index (χ0v) is 15.6. The summed E-state index contributed by atoms with van der Waals surface area (Å²) in [6, 6.07) is 13.5. The van der Waals surface area contributed by atoms with Gasteiger partial charge in [-0.15, -0.1) is 0 Å². The van der Waals surface area contributed by atoms with E-state index < -0.39 is 0 Å². The van der Waals surface area contributed by atoms with E-state index in [2.05, 4.69) is 45.6 Å². The van der Waals surface area contributed by atoms with Crippen LogP contribution >= 0.6 is 15.9 Å². The zero-order valence-electron chi connectivity index (χ0n) is 14.0. The summed E-state index contributed by atoms with van der Waals surface area (Å²) in [7, 11) is 0. The molecule has 0 saturated heterocycles. The second kappa shape index (κ2) is 8.25. The molecular weight excluding hydrogens is 384 g/mol. The number of amides is 2. The van der Waals surface area contributed by atoms with Crippen LogP contribution in [0.3, 0.4) is 0 Å². The van der Waals surface area contributed by atoms with Crippen molar-refractivity contribution < 1.29 is 14.3 Å². The van der Waals surface area contributed by atoms with E-state index in [0.717, 1.165) is 10.9 Å². The summed E-state index contributed by atoms with van der Waals surface area (Å²) in [4.78, 5) is 12.3. The van der Waals surface area contributed by atoms with Crippen molar-refractivity contribution in [2.45, 2.75) is 19.3 Å². The van der Waals surface area contributed by atoms with Crippen molar-refractivity contribution >= 4 is 27.6 Å². The van der Waals surface area contributed by atoms with Crippen LogP contribution in [0.5, 0.6) is 11.5 Å². The summed E-state index contributed by atoms with van der Waals surface area (Å²) in [6.45, 7) is 3.74. The molecule has 132 valence electrons. The van der Waals surface area contributed by atoms with E-state index in [1.54, 1.807) is 6.07 Å². The summed E-state index contributed by atoms with van der Waals surface area (Å²) in [5.74, 6) is 1.61. The van der Waals surface area contributed by atoms with Gasteiger partial charge in [0.05, 0.1) is 5.69 Å². The number of carbonyl (C=O) groups is 1. The van der Waals surface area contributed by atoms with Crippen molar-refractivity contribution in [3.8, 4) is 11.5 Å². The molecular formula is C19H21BrN2O3. The third-order valence-corrected chi connectivity index (χ3v) is 4.81. The van der Waals surface area contributed by atoms with Crippen LogP contribution in [0.2, 0.25) is 0 Å². The molecule has 25 heavy (non-hydrogen) atoms. The number of fused-ring (bicyclic) bond motifs is 1. The average Bonchev–Trinajstić information content (AvgIpc) is 2.64. The molecule has 0 saturated carbocycles. The second-order valence-electron chi connectivity index (χ2n) is 5.83. The smallest absolute Gasteiger partial charge is 0.319 e. The number of halogens is 1. The van der Waals surface area contributed by atoms with Crippen molar-refractivity contribution in [1.82, 2.24) is 5.32 Å². The molecule has 2 aromatic carbocycles. The summed E-state index contributed by atoms with van der Waals surface area (Å²) in [5, 5.41) is 5.80. The Kier molecular flexibility index (Phi) is 5.81. The molecule has 0 bridgehead atoms. The van der Waals surface area contributed by atoms with Crippen LogP contribution in [-0.4, -0.2) is 25.8 Å². The summed E-state index contributed by atoms with van der Waals surface area (Å²) in [5.41, 5.74) is 1.88. The number of ether oxygens (including phenoxy) is 2. The quantitative estimate of drug-likeness (QED) is 0.768. The maximum atomic E-state index is 12.3. The summed E-state index contributed by atoms with van der Waals surface area (Å²) in [6.07, 6.45) is 0.956. The molecule has 1 unspecified atom stereocenters. The van der Waals surface area contributed by atoms with Gasteiger partial charge in [-0.2, -0.15) is 0 Å². The first-order valence-electron chi connectivity index (χ1n) is 8.36. The van der Waals surface area contributed by atoms with Crippen molar-refractivity contribution in [1.29, 1.82) is 0 Å². The highest BCUT2D eigenvalue weighted by molar-refractivity contribution is 9.10. The van der Waals surface area contributed by atoms with Crippen molar-refractivity contribution in [3.63, 3.8) is 0 Å². The van der Waals surface area contributed by atoms with Crippen LogP contribution in [0.15, 0.2) is 46.9 Å². The number of carbonyl (C=O) groups excluding carboxylic acids is 1. The van der Waals surface area contributed by atoms with Crippen LogP contribution in [0.25, 0.3) is 0 Å². The van der Waals surface area contributed by atoms with E-state index in [1.807, 2.05) is 24.3 Å². The number of benzene rings is 2. The van der Waals surface area contributed by atoms with Crippen LogP contribution in [0.4, 0.5) is 10.5 Å². The lowest BCUT2D eigenvalue weighted by Gasteiger charge is -2.20. The molecule has 1 aliphatic heterocycles. The maximum absolute atomic E-state index is 12.3. The van der Waals surface area contributed by atoms with Crippen molar-refractivity contribution in [2.24, 2.45) is 0 Å². The second-order valence-corrected chi connectivity index (χ2v) is 6.68. The Balaban J connectivity index is 1.61. The number of hydrogen-bond donors (Lipinski definition) is 2. The first-order chi connectivity index (χ1) is 12.2. The minimum absolute atomic E-state index is 0.244. The lowest BCUT2D eigenvalue weighted by atomic mass is 9.97. The molecule has 1 aliphatic rings. The number of urea groups is 1. The van der Waals surface area contributed by atoms with Gasteiger partial charge in [0.2, 0.25) is 0 Å². The molecule has 0 fully saturated rings. The summed E-state index contributed by atoms with van der Waals surface area (Å²) < 4.78 is 11.8. The molecule has 1 heterocycles. The number of anilines is 1. The predicted octanol–water partition coefficient (Wildman–Crippen LogP) is 4.54. The van der Waals surface area contributed by atoms with E-state index in [0.29, 0.717) is 36.9 Å². The molecule has 3 rings (SSSR count). The number of nitrogens with one attached hydrogen (secondary N) is 2. The third-order valence-electron chi connectivity index (χ3n) is 4.15. The van der Waals surface area contributed by atoms with Gasteiger partial charge in [0.25, 0.3) is 0 Å². The molecule has 0 aliphatic carbocycles. The number of hydrogen-bond acceptors (Lipinski definition) is 3. The van der Waals surface area contributed by atoms with Gasteiger partial charge in [0, 0.05) is 29.1 Å². The average molecular weight is 405 g/mol. The monoisotopic (exact) mass is 404 g/mol. The van der Waals surface area contributed by atoms with Crippen molar-refractivity contribution in [3.05, 3.63) is 52.5 Å². The van der Waals surface area contributed by atoms with Gasteiger partial charge >= 0.3 is 6.03 Å². The Morgan fingerprint density at radius 1 is 1.16 bits per heavy atom. The van der Waals surface area contributed by atoms with Crippen LogP contribution < -0.4 is 20.1 Å². The van der Waals surface area contributed by atoms with Gasteiger partial charge in [0.15, 0.2) is 11.5 Å². The Morgan fingerprint density at radius 3 is 2.52 bits per heavy atom. The Labute approximate surface area is 155 Å². The molecule has 6 heteroatoms. The minimum Gasteiger partial charge on any atom is -0.486 e. The molecule has 5 nitrogen and oxygen atoms in total. The number of rotatable bonds is 5. The van der Waals surface area contributed by atoms with E-state index in [-0.39, 0.29) is 11.9 Å². The minimum atomic E-state index is -0.244. The molecule has 0 radical (unpaired) electrons. The van der Waals surface area contributed by atoms with Gasteiger partial charge in [-0.3, -0.25) is 0 Å². The molecule has 0 spiro atoms. The topological polar surface area (TPSA) is 59.6 Å². The van der Waals surface area contributed by atoms with E-state index in [4.69, 9.17) is 9.47 Å². The first kappa shape index (κ1) is 17.6. The van der Waals surface area contributed by atoms with Gasteiger partial charge in [0.1, 0.15) is 13.2 Å². The Hall–Kier alpha value is -2.21.